The SMILES string of the molecule is CC[C@H](C1CCC(C(=O)O)CC1)N(C)c1nc2c(c(N[C@@H](CN3C4CCCC3CC4)c3ccnn3C)n1)C[C@H](c1cccc(F)c1)CC2. The number of aliphatic carboxylic acids is 1. The van der Waals surface area contributed by atoms with Gasteiger partial charge in [0.2, 0.25) is 5.95 Å². The summed E-state index contributed by atoms with van der Waals surface area (Å²) in [6, 6.07) is 10.7. The maximum atomic E-state index is 14.3. The summed E-state index contributed by atoms with van der Waals surface area (Å²) in [5.41, 5.74) is 4.38. The Morgan fingerprint density at radius 1 is 1.06 bits per heavy atom. The van der Waals surface area contributed by atoms with Gasteiger partial charge in [0.15, 0.2) is 0 Å². The fourth-order valence-corrected chi connectivity index (χ4v) is 9.58. The molecule has 3 aromatic rings. The van der Waals surface area contributed by atoms with Gasteiger partial charge in [-0.1, -0.05) is 25.5 Å². The first-order valence-electron chi connectivity index (χ1n) is 18.4. The number of aromatic nitrogens is 4. The van der Waals surface area contributed by atoms with Gasteiger partial charge < -0.3 is 15.3 Å². The van der Waals surface area contributed by atoms with E-state index in [1.807, 2.05) is 30.1 Å². The summed E-state index contributed by atoms with van der Waals surface area (Å²) in [6.07, 6.45) is 15.0. The monoisotopic (exact) mass is 657 g/mol. The van der Waals surface area contributed by atoms with E-state index in [2.05, 4.69) is 40.3 Å². The molecule has 2 unspecified atom stereocenters. The van der Waals surface area contributed by atoms with Crippen LogP contribution in [0.1, 0.15) is 112 Å². The van der Waals surface area contributed by atoms with Crippen molar-refractivity contribution >= 4 is 17.7 Å². The van der Waals surface area contributed by atoms with E-state index in [0.29, 0.717) is 18.0 Å². The molecule has 1 aromatic carbocycles. The maximum Gasteiger partial charge on any atom is 0.306 e. The fraction of sp³-hybridized carbons (Fsp3) is 0.632. The quantitative estimate of drug-likeness (QED) is 0.230. The van der Waals surface area contributed by atoms with E-state index < -0.39 is 5.97 Å². The van der Waals surface area contributed by atoms with E-state index in [-0.39, 0.29) is 29.7 Å². The summed E-state index contributed by atoms with van der Waals surface area (Å²) < 4.78 is 16.3. The molecule has 3 fully saturated rings. The molecule has 9 nitrogen and oxygen atoms in total. The molecule has 5 atom stereocenters. The van der Waals surface area contributed by atoms with Crippen molar-refractivity contribution in [3.05, 3.63) is 64.9 Å². The highest BCUT2D eigenvalue weighted by atomic mass is 19.1. The van der Waals surface area contributed by atoms with Crippen molar-refractivity contribution in [2.75, 3.05) is 23.8 Å². The number of nitrogens with zero attached hydrogens (tertiary/aromatic N) is 6. The lowest BCUT2D eigenvalue weighted by Gasteiger charge is -2.39. The van der Waals surface area contributed by atoms with Crippen LogP contribution in [-0.2, 0) is 24.7 Å². The lowest BCUT2D eigenvalue weighted by Crippen LogP contribution is -2.44. The summed E-state index contributed by atoms with van der Waals surface area (Å²) in [7, 11) is 4.14. The number of anilines is 2. The first kappa shape index (κ1) is 33.0. The first-order valence-corrected chi connectivity index (χ1v) is 18.4. The summed E-state index contributed by atoms with van der Waals surface area (Å²) in [5, 5.41) is 18.1. The predicted molar refractivity (Wildman–Crippen MR) is 186 cm³/mol. The number of carbonyl (C=O) groups is 1. The third kappa shape index (κ3) is 6.69. The second-order valence-corrected chi connectivity index (χ2v) is 14.9. The number of benzene rings is 1. The largest absolute Gasteiger partial charge is 0.481 e. The minimum atomic E-state index is -0.666. The predicted octanol–water partition coefficient (Wildman–Crippen LogP) is 6.90. The molecular formula is C38H52FN7O2. The van der Waals surface area contributed by atoms with Crippen LogP contribution in [0.5, 0.6) is 0 Å². The number of rotatable bonds is 11. The highest BCUT2D eigenvalue weighted by Crippen LogP contribution is 2.41. The van der Waals surface area contributed by atoms with Crippen LogP contribution in [0, 0.1) is 17.7 Å². The van der Waals surface area contributed by atoms with Gasteiger partial charge in [-0.15, -0.1) is 0 Å². The summed E-state index contributed by atoms with van der Waals surface area (Å²) >= 11 is 0. The number of carboxylic acid groups (broad SMARTS) is 1. The molecule has 7 rings (SSSR count). The van der Waals surface area contributed by atoms with Crippen molar-refractivity contribution in [1.82, 2.24) is 24.6 Å². The van der Waals surface area contributed by atoms with Gasteiger partial charge in [-0.05, 0) is 113 Å². The molecule has 4 heterocycles. The summed E-state index contributed by atoms with van der Waals surface area (Å²) in [4.78, 5) is 27.3. The molecule has 0 radical (unpaired) electrons. The zero-order valence-corrected chi connectivity index (χ0v) is 28.8. The Morgan fingerprint density at radius 2 is 1.83 bits per heavy atom. The molecular weight excluding hydrogens is 605 g/mol. The van der Waals surface area contributed by atoms with Gasteiger partial charge in [-0.3, -0.25) is 14.4 Å². The average Bonchev–Trinajstić information content (AvgIpc) is 3.60. The van der Waals surface area contributed by atoms with Gasteiger partial charge >= 0.3 is 5.97 Å². The number of piperidine rings is 1. The van der Waals surface area contributed by atoms with Crippen LogP contribution < -0.4 is 10.2 Å². The van der Waals surface area contributed by atoms with Crippen LogP contribution in [0.2, 0.25) is 0 Å². The van der Waals surface area contributed by atoms with Crippen LogP contribution in [0.4, 0.5) is 16.2 Å². The molecule has 2 saturated heterocycles. The first-order chi connectivity index (χ1) is 23.3. The minimum absolute atomic E-state index is 0.00123. The molecule has 48 heavy (non-hydrogen) atoms. The molecule has 0 amide bonds. The molecule has 1 saturated carbocycles. The standard InChI is InChI=1S/C38H52FN7O2/c1-4-34(24-11-13-25(14-12-24)37(47)48)44(2)38-42-32-18-15-27(26-7-5-8-28(39)21-26)22-31(32)36(43-38)41-33(35-19-20-40-45(35)3)23-46-29-9-6-10-30(46)17-16-29/h5,7-8,19-21,24-25,27,29-30,33-34H,4,6,9-18,22-23H2,1-3H3,(H,47,48)(H,41,42,43)/t24?,25?,27-,29?,30?,33+,34-/m1/s1. The van der Waals surface area contributed by atoms with Crippen LogP contribution in [-0.4, -0.2) is 67.4 Å². The molecule has 2 bridgehead atoms. The third-order valence-electron chi connectivity index (χ3n) is 12.2. The maximum absolute atomic E-state index is 14.3. The zero-order valence-electron chi connectivity index (χ0n) is 28.8. The van der Waals surface area contributed by atoms with E-state index >= 15 is 0 Å². The third-order valence-corrected chi connectivity index (χ3v) is 12.2. The second kappa shape index (κ2) is 14.1. The van der Waals surface area contributed by atoms with Crippen molar-refractivity contribution in [2.45, 2.75) is 120 Å². The van der Waals surface area contributed by atoms with Crippen molar-refractivity contribution in [3.8, 4) is 0 Å². The molecule has 2 aliphatic heterocycles. The number of halogens is 1. The van der Waals surface area contributed by atoms with Crippen LogP contribution in [0.15, 0.2) is 36.5 Å². The Kier molecular flexibility index (Phi) is 9.72. The molecule has 2 N–H and O–H groups in total. The normalized spacial score (nSPS) is 26.9. The molecule has 10 heteroatoms. The molecule has 2 aliphatic carbocycles. The van der Waals surface area contributed by atoms with E-state index in [1.54, 1.807) is 6.07 Å². The number of aryl methyl sites for hydroxylation is 2. The van der Waals surface area contributed by atoms with E-state index in [0.717, 1.165) is 92.2 Å². The van der Waals surface area contributed by atoms with Gasteiger partial charge in [0.05, 0.1) is 23.3 Å². The number of nitrogens with one attached hydrogen (secondary N) is 1. The Balaban J connectivity index is 1.23. The Morgan fingerprint density at radius 3 is 2.50 bits per heavy atom. The van der Waals surface area contributed by atoms with E-state index in [1.165, 1.54) is 38.2 Å². The number of hydrogen-bond donors (Lipinski definition) is 2. The Hall–Kier alpha value is -3.53. The Labute approximate surface area is 284 Å². The molecule has 258 valence electrons. The van der Waals surface area contributed by atoms with E-state index in [4.69, 9.17) is 9.97 Å². The van der Waals surface area contributed by atoms with Crippen molar-refractivity contribution < 1.29 is 14.3 Å². The highest BCUT2D eigenvalue weighted by molar-refractivity contribution is 5.70. The van der Waals surface area contributed by atoms with Crippen molar-refractivity contribution in [1.29, 1.82) is 0 Å². The molecule has 2 aromatic heterocycles. The lowest BCUT2D eigenvalue weighted by atomic mass is 9.77. The van der Waals surface area contributed by atoms with Gasteiger partial charge in [0.25, 0.3) is 0 Å². The van der Waals surface area contributed by atoms with Crippen molar-refractivity contribution in [2.24, 2.45) is 18.9 Å². The highest BCUT2D eigenvalue weighted by Gasteiger charge is 2.39. The number of carboxylic acids is 1. The zero-order chi connectivity index (χ0) is 33.4. The van der Waals surface area contributed by atoms with E-state index in [9.17, 15) is 14.3 Å². The van der Waals surface area contributed by atoms with Gasteiger partial charge in [0, 0.05) is 50.5 Å². The summed E-state index contributed by atoms with van der Waals surface area (Å²) in [6.45, 7) is 3.12. The minimum Gasteiger partial charge on any atom is -0.481 e. The fourth-order valence-electron chi connectivity index (χ4n) is 9.58. The van der Waals surface area contributed by atoms with Gasteiger partial charge in [0.1, 0.15) is 11.6 Å². The summed E-state index contributed by atoms with van der Waals surface area (Å²) in [5.74, 6) is 1.12. The van der Waals surface area contributed by atoms with Crippen LogP contribution >= 0.6 is 0 Å². The van der Waals surface area contributed by atoms with Crippen LogP contribution in [0.3, 0.4) is 0 Å². The van der Waals surface area contributed by atoms with Crippen molar-refractivity contribution in [3.63, 3.8) is 0 Å². The average molecular weight is 658 g/mol. The topological polar surface area (TPSA) is 99.4 Å². The number of fused-ring (bicyclic) bond motifs is 3. The Bertz CT molecular complexity index is 1570. The van der Waals surface area contributed by atoms with Gasteiger partial charge in [-0.2, -0.15) is 10.1 Å². The lowest BCUT2D eigenvalue weighted by molar-refractivity contribution is -0.143. The number of hydrogen-bond acceptors (Lipinski definition) is 7. The van der Waals surface area contributed by atoms with Crippen LogP contribution in [0.25, 0.3) is 0 Å². The molecule has 0 spiro atoms. The second-order valence-electron chi connectivity index (χ2n) is 14.9. The smallest absolute Gasteiger partial charge is 0.306 e. The van der Waals surface area contributed by atoms with Gasteiger partial charge in [-0.25, -0.2) is 9.37 Å². The molecule has 4 aliphatic rings.